The molecule has 3 N–H and O–H groups in total. The van der Waals surface area contributed by atoms with Crippen molar-refractivity contribution in [3.05, 3.63) is 48.0 Å². The summed E-state index contributed by atoms with van der Waals surface area (Å²) in [5.41, 5.74) is 2.47. The predicted molar refractivity (Wildman–Crippen MR) is 92.8 cm³/mol. The van der Waals surface area contributed by atoms with Crippen molar-refractivity contribution >= 4 is 11.9 Å². The molecule has 0 aliphatic rings. The van der Waals surface area contributed by atoms with E-state index in [0.29, 0.717) is 5.92 Å². The Morgan fingerprint density at radius 2 is 1.84 bits per heavy atom. The van der Waals surface area contributed by atoms with Crippen LogP contribution in [-0.4, -0.2) is 38.7 Å². The number of carbonyl (C=O) groups is 2. The number of carboxylic acids is 2. The minimum absolute atomic E-state index is 0.619. The quantitative estimate of drug-likeness (QED) is 0.523. The molecular formula is C18H24N2O5. The summed E-state index contributed by atoms with van der Waals surface area (Å²) in [6.07, 6.45) is 6.75. The van der Waals surface area contributed by atoms with Crippen LogP contribution in [0.15, 0.2) is 36.8 Å². The van der Waals surface area contributed by atoms with Crippen LogP contribution in [0.2, 0.25) is 0 Å². The number of aliphatic carboxylic acids is 2. The van der Waals surface area contributed by atoms with Gasteiger partial charge in [-0.15, -0.1) is 0 Å². The third-order valence-corrected chi connectivity index (χ3v) is 3.65. The molecule has 0 spiro atoms. The van der Waals surface area contributed by atoms with Crippen LogP contribution in [0.3, 0.4) is 0 Å². The maximum absolute atomic E-state index is 9.10. The van der Waals surface area contributed by atoms with Gasteiger partial charge >= 0.3 is 11.9 Å². The van der Waals surface area contributed by atoms with Gasteiger partial charge in [0.25, 0.3) is 0 Å². The molecule has 136 valence electrons. The highest BCUT2D eigenvalue weighted by Crippen LogP contribution is 2.21. The Kier molecular flexibility index (Phi) is 8.78. The van der Waals surface area contributed by atoms with Gasteiger partial charge in [0.2, 0.25) is 0 Å². The zero-order valence-corrected chi connectivity index (χ0v) is 14.4. The standard InChI is InChI=1S/C16H22N2O.C2H2O4/c1-3-13(2)14-6-8-16(9-7-14)19-10-4-5-15-11-17-12-18-15;3-1(4)2(5)6/h6-9,11-13H,3-5,10H2,1-2H3,(H,17,18);(H,3,4)(H,5,6). The second kappa shape index (κ2) is 10.9. The summed E-state index contributed by atoms with van der Waals surface area (Å²) in [5, 5.41) is 14.8. The zero-order chi connectivity index (χ0) is 18.7. The number of rotatable bonds is 7. The van der Waals surface area contributed by atoms with Crippen molar-refractivity contribution in [3.8, 4) is 5.75 Å². The third-order valence-electron chi connectivity index (χ3n) is 3.65. The van der Waals surface area contributed by atoms with Gasteiger partial charge in [-0.3, -0.25) is 0 Å². The van der Waals surface area contributed by atoms with E-state index < -0.39 is 11.9 Å². The molecule has 25 heavy (non-hydrogen) atoms. The largest absolute Gasteiger partial charge is 0.494 e. The lowest BCUT2D eigenvalue weighted by Crippen LogP contribution is -2.09. The molecule has 0 radical (unpaired) electrons. The molecule has 1 unspecified atom stereocenters. The van der Waals surface area contributed by atoms with Gasteiger partial charge in [0.05, 0.1) is 18.6 Å². The van der Waals surface area contributed by atoms with Crippen LogP contribution in [0, 0.1) is 0 Å². The fourth-order valence-corrected chi connectivity index (χ4v) is 2.00. The first-order valence-corrected chi connectivity index (χ1v) is 8.10. The van der Waals surface area contributed by atoms with E-state index in [9.17, 15) is 0 Å². The summed E-state index contributed by atoms with van der Waals surface area (Å²) >= 11 is 0. The van der Waals surface area contributed by atoms with Gasteiger partial charge in [-0.25, -0.2) is 14.6 Å². The molecule has 0 saturated heterocycles. The zero-order valence-electron chi connectivity index (χ0n) is 14.4. The smallest absolute Gasteiger partial charge is 0.414 e. The Labute approximate surface area is 146 Å². The van der Waals surface area contributed by atoms with E-state index in [0.717, 1.165) is 30.9 Å². The lowest BCUT2D eigenvalue weighted by molar-refractivity contribution is -0.159. The summed E-state index contributed by atoms with van der Waals surface area (Å²) in [4.78, 5) is 25.3. The van der Waals surface area contributed by atoms with Gasteiger partial charge in [-0.2, -0.15) is 0 Å². The van der Waals surface area contributed by atoms with E-state index in [1.807, 2.05) is 6.20 Å². The van der Waals surface area contributed by atoms with Crippen LogP contribution >= 0.6 is 0 Å². The van der Waals surface area contributed by atoms with Gasteiger partial charge in [0.15, 0.2) is 0 Å². The van der Waals surface area contributed by atoms with Gasteiger partial charge in [-0.1, -0.05) is 26.0 Å². The van der Waals surface area contributed by atoms with Crippen molar-refractivity contribution in [2.45, 2.75) is 39.0 Å². The second-order valence-electron chi connectivity index (χ2n) is 5.50. The van der Waals surface area contributed by atoms with E-state index >= 15 is 0 Å². The number of nitrogens with zero attached hydrogens (tertiary/aromatic N) is 1. The van der Waals surface area contributed by atoms with Crippen molar-refractivity contribution in [3.63, 3.8) is 0 Å². The molecule has 0 aliphatic heterocycles. The normalized spacial score (nSPS) is 11.1. The van der Waals surface area contributed by atoms with Crippen molar-refractivity contribution in [2.75, 3.05) is 6.61 Å². The number of H-pyrrole nitrogens is 1. The van der Waals surface area contributed by atoms with Crippen molar-refractivity contribution in [2.24, 2.45) is 0 Å². The van der Waals surface area contributed by atoms with Crippen LogP contribution in [0.25, 0.3) is 0 Å². The van der Waals surface area contributed by atoms with Crippen LogP contribution in [0.1, 0.15) is 43.9 Å². The molecule has 7 heteroatoms. The Hall–Kier alpha value is -2.83. The molecular weight excluding hydrogens is 324 g/mol. The Morgan fingerprint density at radius 3 is 2.32 bits per heavy atom. The van der Waals surface area contributed by atoms with E-state index in [4.69, 9.17) is 24.5 Å². The highest BCUT2D eigenvalue weighted by molar-refractivity contribution is 6.27. The highest BCUT2D eigenvalue weighted by Gasteiger charge is 2.04. The van der Waals surface area contributed by atoms with E-state index in [1.54, 1.807) is 6.33 Å². The van der Waals surface area contributed by atoms with E-state index in [1.165, 1.54) is 12.0 Å². The Balaban J connectivity index is 0.000000450. The number of benzene rings is 1. The molecule has 0 aliphatic carbocycles. The number of aromatic nitrogens is 2. The summed E-state index contributed by atoms with van der Waals surface area (Å²) < 4.78 is 5.73. The van der Waals surface area contributed by atoms with Crippen LogP contribution in [0.5, 0.6) is 5.75 Å². The average Bonchev–Trinajstić information content (AvgIpc) is 3.12. The molecule has 1 aromatic carbocycles. The maximum Gasteiger partial charge on any atom is 0.414 e. The number of hydrogen-bond donors (Lipinski definition) is 3. The molecule has 7 nitrogen and oxygen atoms in total. The fourth-order valence-electron chi connectivity index (χ4n) is 2.00. The molecule has 0 amide bonds. The molecule has 2 rings (SSSR count). The Bertz CT molecular complexity index is 626. The molecule has 2 aromatic rings. The molecule has 0 bridgehead atoms. The summed E-state index contributed by atoms with van der Waals surface area (Å²) in [7, 11) is 0. The molecule has 0 saturated carbocycles. The topological polar surface area (TPSA) is 113 Å². The van der Waals surface area contributed by atoms with E-state index in [2.05, 4.69) is 48.1 Å². The monoisotopic (exact) mass is 348 g/mol. The Morgan fingerprint density at radius 1 is 1.20 bits per heavy atom. The number of aromatic amines is 1. The lowest BCUT2D eigenvalue weighted by Gasteiger charge is -2.10. The minimum Gasteiger partial charge on any atom is -0.494 e. The van der Waals surface area contributed by atoms with Gasteiger partial charge in [0.1, 0.15) is 5.75 Å². The highest BCUT2D eigenvalue weighted by atomic mass is 16.5. The molecule has 1 heterocycles. The first-order valence-electron chi connectivity index (χ1n) is 8.10. The first kappa shape index (κ1) is 20.2. The number of ether oxygens (including phenoxy) is 1. The van der Waals surface area contributed by atoms with Crippen molar-refractivity contribution in [1.29, 1.82) is 0 Å². The van der Waals surface area contributed by atoms with Crippen molar-refractivity contribution < 1.29 is 24.5 Å². The SMILES string of the molecule is CCC(C)c1ccc(OCCCc2c[nH]cn2)cc1.O=C(O)C(=O)O. The van der Waals surface area contributed by atoms with Gasteiger partial charge in [-0.05, 0) is 42.9 Å². The number of hydrogen-bond acceptors (Lipinski definition) is 4. The predicted octanol–water partition coefficient (Wildman–Crippen LogP) is 3.09. The second-order valence-corrected chi connectivity index (χ2v) is 5.50. The average molecular weight is 348 g/mol. The number of nitrogens with one attached hydrogen (secondary N) is 1. The van der Waals surface area contributed by atoms with Crippen LogP contribution < -0.4 is 4.74 Å². The van der Waals surface area contributed by atoms with Crippen LogP contribution in [-0.2, 0) is 16.0 Å². The van der Waals surface area contributed by atoms with E-state index in [-0.39, 0.29) is 0 Å². The fraction of sp³-hybridized carbons (Fsp3) is 0.389. The van der Waals surface area contributed by atoms with Gasteiger partial charge < -0.3 is 19.9 Å². The number of carboxylic acid groups (broad SMARTS) is 2. The molecule has 0 fully saturated rings. The maximum atomic E-state index is 9.10. The summed E-state index contributed by atoms with van der Waals surface area (Å²) in [6, 6.07) is 8.46. The number of imidazole rings is 1. The summed E-state index contributed by atoms with van der Waals surface area (Å²) in [6.45, 7) is 5.19. The van der Waals surface area contributed by atoms with Gasteiger partial charge in [0, 0.05) is 6.20 Å². The minimum atomic E-state index is -1.82. The summed E-state index contributed by atoms with van der Waals surface area (Å²) in [5.74, 6) is -2.08. The number of aryl methyl sites for hydroxylation is 1. The molecule has 1 aromatic heterocycles. The molecule has 1 atom stereocenters. The van der Waals surface area contributed by atoms with Crippen molar-refractivity contribution in [1.82, 2.24) is 9.97 Å². The first-order chi connectivity index (χ1) is 11.9. The third kappa shape index (κ3) is 8.01. The van der Waals surface area contributed by atoms with Crippen LogP contribution in [0.4, 0.5) is 0 Å². The lowest BCUT2D eigenvalue weighted by atomic mass is 9.99.